The van der Waals surface area contributed by atoms with Crippen LogP contribution in [0.5, 0.6) is 11.5 Å². The third-order valence-corrected chi connectivity index (χ3v) is 6.24. The maximum absolute atomic E-state index is 13.2. The fourth-order valence-corrected chi connectivity index (χ4v) is 4.29. The predicted molar refractivity (Wildman–Crippen MR) is 136 cm³/mol. The molecule has 1 aliphatic rings. The van der Waals surface area contributed by atoms with Gasteiger partial charge in [-0.2, -0.15) is 0 Å². The van der Waals surface area contributed by atoms with Crippen LogP contribution in [0.2, 0.25) is 0 Å². The Balaban J connectivity index is 1.84. The maximum atomic E-state index is 13.2. The van der Waals surface area contributed by atoms with Crippen LogP contribution < -0.4 is 20.1 Å². The molecule has 3 rings (SSSR count). The molecule has 1 aliphatic heterocycles. The van der Waals surface area contributed by atoms with Crippen molar-refractivity contribution in [3.63, 3.8) is 0 Å². The number of thioether (sulfide) groups is 1. The van der Waals surface area contributed by atoms with E-state index in [1.807, 2.05) is 31.2 Å². The number of amides is 1. The van der Waals surface area contributed by atoms with Gasteiger partial charge in [-0.3, -0.25) is 9.59 Å². The molecule has 2 aromatic carbocycles. The monoisotopic (exact) mass is 483 g/mol. The van der Waals surface area contributed by atoms with E-state index in [9.17, 15) is 9.59 Å². The highest BCUT2D eigenvalue weighted by Crippen LogP contribution is 2.34. The number of ether oxygens (including phenoxy) is 3. The van der Waals surface area contributed by atoms with Gasteiger partial charge in [0.15, 0.2) is 0 Å². The molecule has 0 spiro atoms. The van der Waals surface area contributed by atoms with Gasteiger partial charge < -0.3 is 24.8 Å². The number of fused-ring (bicyclic) bond motifs is 1. The van der Waals surface area contributed by atoms with Crippen molar-refractivity contribution in [3.05, 3.63) is 54.2 Å². The number of rotatable bonds is 9. The molecule has 0 saturated heterocycles. The van der Waals surface area contributed by atoms with Gasteiger partial charge in [0, 0.05) is 11.8 Å². The number of anilines is 2. The zero-order valence-corrected chi connectivity index (χ0v) is 20.5. The van der Waals surface area contributed by atoms with Crippen molar-refractivity contribution < 1.29 is 23.8 Å². The minimum atomic E-state index is -0.431. The molecule has 1 heterocycles. The number of hydrogen-bond donors (Lipinski definition) is 2. The molecule has 0 bridgehead atoms. The molecule has 2 aromatic rings. The number of carbonyl (C=O) groups is 2. The first-order valence-corrected chi connectivity index (χ1v) is 11.9. The van der Waals surface area contributed by atoms with Gasteiger partial charge in [-0.15, -0.1) is 0 Å². The summed E-state index contributed by atoms with van der Waals surface area (Å²) >= 11 is 1.33. The summed E-state index contributed by atoms with van der Waals surface area (Å²) in [6, 6.07) is 12.8. The molecule has 0 saturated carbocycles. The number of esters is 1. The van der Waals surface area contributed by atoms with Crippen molar-refractivity contribution in [3.8, 4) is 11.5 Å². The molecule has 180 valence electrons. The van der Waals surface area contributed by atoms with E-state index in [0.29, 0.717) is 41.0 Å². The van der Waals surface area contributed by atoms with Crippen LogP contribution in [-0.4, -0.2) is 43.0 Å². The molecule has 8 nitrogen and oxygen atoms in total. The largest absolute Gasteiger partial charge is 0.497 e. The average molecular weight is 484 g/mol. The normalized spacial score (nSPS) is 13.3. The summed E-state index contributed by atoms with van der Waals surface area (Å²) in [5, 5.41) is 6.40. The number of carbonyl (C=O) groups excluding carboxylic acids is 2. The topological polar surface area (TPSA) is 98.3 Å². The highest BCUT2D eigenvalue weighted by Gasteiger charge is 2.23. The van der Waals surface area contributed by atoms with Crippen LogP contribution in [0.25, 0.3) is 0 Å². The second kappa shape index (κ2) is 12.1. The average Bonchev–Trinajstić information content (AvgIpc) is 3.00. The molecule has 0 radical (unpaired) electrons. The van der Waals surface area contributed by atoms with E-state index < -0.39 is 5.25 Å². The van der Waals surface area contributed by atoms with Crippen LogP contribution in [0.4, 0.5) is 17.1 Å². The molecule has 2 N–H and O–H groups in total. The SMILES string of the molecule is CCOC(=O)CC1=CC(SC(CC)C(=O)Nc2cc(OC)ccc2OC)=Nc2ccccc2N1. The number of hydrogen-bond acceptors (Lipinski definition) is 8. The van der Waals surface area contributed by atoms with Crippen LogP contribution in [-0.2, 0) is 14.3 Å². The van der Waals surface area contributed by atoms with Crippen molar-refractivity contribution in [2.24, 2.45) is 4.99 Å². The standard InChI is InChI=1S/C25H29N3O5S/c1-5-22(25(30)28-20-15-17(31-3)11-12-21(20)32-4)34-23-13-16(14-24(29)33-6-2)26-18-9-7-8-10-19(18)27-23/h7-13,15,22,26H,5-6,14H2,1-4H3,(H,28,30). The summed E-state index contributed by atoms with van der Waals surface area (Å²) < 4.78 is 15.7. The Hall–Kier alpha value is -3.46. The zero-order valence-electron chi connectivity index (χ0n) is 19.7. The van der Waals surface area contributed by atoms with Crippen LogP contribution in [0, 0.1) is 0 Å². The summed E-state index contributed by atoms with van der Waals surface area (Å²) in [7, 11) is 3.11. The number of nitrogens with one attached hydrogen (secondary N) is 2. The summed E-state index contributed by atoms with van der Waals surface area (Å²) in [6.45, 7) is 4.02. The third-order valence-electron chi connectivity index (χ3n) is 4.96. The first-order chi connectivity index (χ1) is 16.5. The van der Waals surface area contributed by atoms with Crippen LogP contribution >= 0.6 is 11.8 Å². The van der Waals surface area contributed by atoms with Gasteiger partial charge in [-0.1, -0.05) is 30.8 Å². The van der Waals surface area contributed by atoms with Gasteiger partial charge in [-0.25, -0.2) is 4.99 Å². The lowest BCUT2D eigenvalue weighted by molar-refractivity contribution is -0.142. The molecule has 34 heavy (non-hydrogen) atoms. The molecule has 0 aliphatic carbocycles. The lowest BCUT2D eigenvalue weighted by atomic mass is 10.2. The van der Waals surface area contributed by atoms with E-state index >= 15 is 0 Å². The number of nitrogens with zero attached hydrogens (tertiary/aromatic N) is 1. The second-order valence-corrected chi connectivity index (χ2v) is 8.54. The van der Waals surface area contributed by atoms with Crippen molar-refractivity contribution >= 4 is 45.7 Å². The molecular formula is C25H29N3O5S. The maximum Gasteiger partial charge on any atom is 0.311 e. The molecule has 1 atom stereocenters. The quantitative estimate of drug-likeness (QED) is 0.476. The van der Waals surface area contributed by atoms with Crippen molar-refractivity contribution in [1.82, 2.24) is 0 Å². The fraction of sp³-hybridized carbons (Fsp3) is 0.320. The Labute approximate surface area is 203 Å². The van der Waals surface area contributed by atoms with E-state index in [1.54, 1.807) is 45.4 Å². The Morgan fingerprint density at radius 1 is 1.12 bits per heavy atom. The highest BCUT2D eigenvalue weighted by atomic mass is 32.2. The molecular weight excluding hydrogens is 454 g/mol. The number of aliphatic imine (C=N–C) groups is 1. The highest BCUT2D eigenvalue weighted by molar-refractivity contribution is 8.15. The van der Waals surface area contributed by atoms with Crippen LogP contribution in [0.1, 0.15) is 26.7 Å². The first-order valence-electron chi connectivity index (χ1n) is 11.0. The van der Waals surface area contributed by atoms with Crippen molar-refractivity contribution in [1.29, 1.82) is 0 Å². The van der Waals surface area contributed by atoms with E-state index in [0.717, 1.165) is 11.4 Å². The van der Waals surface area contributed by atoms with Gasteiger partial charge in [0.2, 0.25) is 5.91 Å². The molecule has 9 heteroatoms. The summed E-state index contributed by atoms with van der Waals surface area (Å²) in [5.74, 6) is 0.627. The Kier molecular flexibility index (Phi) is 8.98. The summed E-state index contributed by atoms with van der Waals surface area (Å²) in [5.41, 5.74) is 2.69. The van der Waals surface area contributed by atoms with Gasteiger partial charge in [0.1, 0.15) is 11.5 Å². The minimum absolute atomic E-state index is 0.0751. The van der Waals surface area contributed by atoms with Crippen molar-refractivity contribution in [2.45, 2.75) is 31.9 Å². The molecule has 1 amide bonds. The fourth-order valence-electron chi connectivity index (χ4n) is 3.30. The zero-order chi connectivity index (χ0) is 24.5. The Morgan fingerprint density at radius 2 is 1.91 bits per heavy atom. The van der Waals surface area contributed by atoms with Gasteiger partial charge >= 0.3 is 5.97 Å². The van der Waals surface area contributed by atoms with E-state index in [2.05, 4.69) is 10.6 Å². The number of para-hydroxylation sites is 2. The van der Waals surface area contributed by atoms with E-state index in [-0.39, 0.29) is 18.3 Å². The number of benzene rings is 2. The molecule has 1 unspecified atom stereocenters. The lowest BCUT2D eigenvalue weighted by Gasteiger charge is -2.17. The lowest BCUT2D eigenvalue weighted by Crippen LogP contribution is -2.26. The Bertz CT molecular complexity index is 1100. The summed E-state index contributed by atoms with van der Waals surface area (Å²) in [4.78, 5) is 30.0. The smallest absolute Gasteiger partial charge is 0.311 e. The van der Waals surface area contributed by atoms with E-state index in [1.165, 1.54) is 11.8 Å². The molecule has 0 fully saturated rings. The van der Waals surface area contributed by atoms with Gasteiger partial charge in [0.25, 0.3) is 0 Å². The van der Waals surface area contributed by atoms with Gasteiger partial charge in [-0.05, 0) is 43.7 Å². The van der Waals surface area contributed by atoms with E-state index in [4.69, 9.17) is 19.2 Å². The van der Waals surface area contributed by atoms with Crippen LogP contribution in [0.3, 0.4) is 0 Å². The second-order valence-electron chi connectivity index (χ2n) is 7.31. The number of methoxy groups -OCH3 is 2. The predicted octanol–water partition coefficient (Wildman–Crippen LogP) is 5.15. The first kappa shape index (κ1) is 25.2. The third kappa shape index (κ3) is 6.54. The summed E-state index contributed by atoms with van der Waals surface area (Å²) in [6.07, 6.45) is 2.44. The molecule has 0 aromatic heterocycles. The van der Waals surface area contributed by atoms with Crippen LogP contribution in [0.15, 0.2) is 59.2 Å². The van der Waals surface area contributed by atoms with Crippen molar-refractivity contribution in [2.75, 3.05) is 31.5 Å². The minimum Gasteiger partial charge on any atom is -0.497 e. The Morgan fingerprint density at radius 3 is 2.62 bits per heavy atom. The van der Waals surface area contributed by atoms with Gasteiger partial charge in [0.05, 0.1) is 54.6 Å².